The Balaban J connectivity index is 1.50. The highest BCUT2D eigenvalue weighted by molar-refractivity contribution is 6.15. The highest BCUT2D eigenvalue weighted by Gasteiger charge is 2.34. The molecule has 3 aromatic rings. The van der Waals surface area contributed by atoms with Crippen molar-refractivity contribution in [3.05, 3.63) is 77.1 Å². The van der Waals surface area contributed by atoms with Crippen molar-refractivity contribution < 1.29 is 9.59 Å². The third-order valence-electron chi connectivity index (χ3n) is 9.55. The first-order chi connectivity index (χ1) is 24.0. The lowest BCUT2D eigenvalue weighted by atomic mass is 9.91. The van der Waals surface area contributed by atoms with Crippen molar-refractivity contribution in [1.82, 2.24) is 25.2 Å². The van der Waals surface area contributed by atoms with Crippen molar-refractivity contribution in [3.8, 4) is 0 Å². The molecule has 0 bridgehead atoms. The number of nitrogens with one attached hydrogen (secondary N) is 2. The number of benzene rings is 2. The SMILES string of the molecule is CCC(CC)(NCCCCCCN)c1nc(NCCCCCCN)nc(N2CCN(C(=O)c3ccccc3C(=O)c3ccccc3)CC2)n1. The number of hydrogen-bond acceptors (Lipinski definition) is 10. The molecule has 49 heavy (non-hydrogen) atoms. The minimum Gasteiger partial charge on any atom is -0.354 e. The van der Waals surface area contributed by atoms with Gasteiger partial charge in [-0.1, -0.05) is 88.1 Å². The van der Waals surface area contributed by atoms with Gasteiger partial charge in [0, 0.05) is 43.9 Å². The van der Waals surface area contributed by atoms with Gasteiger partial charge in [-0.3, -0.25) is 9.59 Å². The fourth-order valence-electron chi connectivity index (χ4n) is 6.36. The van der Waals surface area contributed by atoms with E-state index in [1.54, 1.807) is 30.3 Å². The molecular weight excluding hydrogens is 614 g/mol. The van der Waals surface area contributed by atoms with E-state index >= 15 is 0 Å². The van der Waals surface area contributed by atoms with E-state index in [2.05, 4.69) is 29.4 Å². The van der Waals surface area contributed by atoms with Crippen LogP contribution in [0.3, 0.4) is 0 Å². The molecule has 0 spiro atoms. The van der Waals surface area contributed by atoms with Gasteiger partial charge in [0.2, 0.25) is 11.9 Å². The molecule has 2 heterocycles. The summed E-state index contributed by atoms with van der Waals surface area (Å²) in [7, 11) is 0. The van der Waals surface area contributed by atoms with Crippen LogP contribution in [0.5, 0.6) is 0 Å². The van der Waals surface area contributed by atoms with Gasteiger partial charge >= 0.3 is 0 Å². The van der Waals surface area contributed by atoms with Crippen LogP contribution in [0.25, 0.3) is 0 Å². The maximum atomic E-state index is 13.8. The van der Waals surface area contributed by atoms with Gasteiger partial charge in [-0.05, 0) is 64.2 Å². The van der Waals surface area contributed by atoms with E-state index in [-0.39, 0.29) is 17.2 Å². The molecule has 1 saturated heterocycles. The lowest BCUT2D eigenvalue weighted by Gasteiger charge is -2.36. The molecule has 1 fully saturated rings. The van der Waals surface area contributed by atoms with Gasteiger partial charge in [0.15, 0.2) is 11.6 Å². The molecule has 2 aromatic carbocycles. The lowest BCUT2D eigenvalue weighted by molar-refractivity contribution is 0.0742. The molecule has 1 aliphatic heterocycles. The van der Waals surface area contributed by atoms with Gasteiger partial charge in [0.05, 0.1) is 11.1 Å². The molecule has 11 nitrogen and oxygen atoms in total. The number of rotatable bonds is 21. The zero-order valence-corrected chi connectivity index (χ0v) is 29.6. The van der Waals surface area contributed by atoms with E-state index in [1.165, 1.54) is 0 Å². The second-order valence-corrected chi connectivity index (χ2v) is 12.9. The second-order valence-electron chi connectivity index (χ2n) is 12.9. The number of piperazine rings is 1. The van der Waals surface area contributed by atoms with Crippen molar-refractivity contribution in [1.29, 1.82) is 0 Å². The van der Waals surface area contributed by atoms with Gasteiger partial charge < -0.3 is 31.9 Å². The molecule has 0 radical (unpaired) electrons. The largest absolute Gasteiger partial charge is 0.354 e. The Bertz CT molecular complexity index is 1440. The summed E-state index contributed by atoms with van der Waals surface area (Å²) >= 11 is 0. The van der Waals surface area contributed by atoms with Crippen LogP contribution in [0.2, 0.25) is 0 Å². The number of amides is 1. The summed E-state index contributed by atoms with van der Waals surface area (Å²) in [5.41, 5.74) is 12.4. The van der Waals surface area contributed by atoms with Crippen molar-refractivity contribution in [2.24, 2.45) is 11.5 Å². The molecular formula is C38H57N9O2. The summed E-state index contributed by atoms with van der Waals surface area (Å²) < 4.78 is 0. The lowest BCUT2D eigenvalue weighted by Crippen LogP contribution is -2.50. The predicted octanol–water partition coefficient (Wildman–Crippen LogP) is 5.12. The first-order valence-electron chi connectivity index (χ1n) is 18.3. The highest BCUT2D eigenvalue weighted by atomic mass is 16.2. The summed E-state index contributed by atoms with van der Waals surface area (Å²) in [5.74, 6) is 1.67. The average Bonchev–Trinajstić information content (AvgIpc) is 3.16. The van der Waals surface area contributed by atoms with Gasteiger partial charge in [-0.25, -0.2) is 0 Å². The van der Waals surface area contributed by atoms with Crippen molar-refractivity contribution in [2.75, 3.05) is 62.6 Å². The second kappa shape index (κ2) is 19.9. The molecule has 1 aromatic heterocycles. The summed E-state index contributed by atoms with van der Waals surface area (Å²) in [4.78, 5) is 46.1. The van der Waals surface area contributed by atoms with Crippen LogP contribution in [-0.4, -0.2) is 83.9 Å². The van der Waals surface area contributed by atoms with Crippen LogP contribution in [0.15, 0.2) is 54.6 Å². The van der Waals surface area contributed by atoms with Crippen molar-refractivity contribution in [3.63, 3.8) is 0 Å². The molecule has 0 unspecified atom stereocenters. The van der Waals surface area contributed by atoms with Gasteiger partial charge in [-0.15, -0.1) is 0 Å². The summed E-state index contributed by atoms with van der Waals surface area (Å²) in [6.07, 6.45) is 10.4. The minimum absolute atomic E-state index is 0.139. The Labute approximate surface area is 292 Å². The molecule has 0 atom stereocenters. The minimum atomic E-state index is -0.379. The first-order valence-corrected chi connectivity index (χ1v) is 18.3. The number of hydrogen-bond donors (Lipinski definition) is 4. The predicted molar refractivity (Wildman–Crippen MR) is 198 cm³/mol. The number of unbranched alkanes of at least 4 members (excludes halogenated alkanes) is 6. The fourth-order valence-corrected chi connectivity index (χ4v) is 6.36. The van der Waals surface area contributed by atoms with Crippen LogP contribution in [0.1, 0.15) is 110 Å². The van der Waals surface area contributed by atoms with E-state index in [9.17, 15) is 9.59 Å². The number of anilines is 2. The number of carbonyl (C=O) groups is 2. The normalized spacial score (nSPS) is 13.5. The van der Waals surface area contributed by atoms with Crippen molar-refractivity contribution >= 4 is 23.6 Å². The van der Waals surface area contributed by atoms with Crippen molar-refractivity contribution in [2.45, 2.75) is 83.6 Å². The molecule has 0 aliphatic carbocycles. The van der Waals surface area contributed by atoms with Crippen LogP contribution in [0.4, 0.5) is 11.9 Å². The van der Waals surface area contributed by atoms with Crippen LogP contribution >= 0.6 is 0 Å². The van der Waals surface area contributed by atoms with E-state index in [1.807, 2.05) is 29.2 Å². The zero-order valence-electron chi connectivity index (χ0n) is 29.6. The van der Waals surface area contributed by atoms with Gasteiger partial charge in [0.1, 0.15) is 0 Å². The number of nitrogens with zero attached hydrogens (tertiary/aromatic N) is 5. The van der Waals surface area contributed by atoms with Gasteiger partial charge in [0.25, 0.3) is 5.91 Å². The van der Waals surface area contributed by atoms with Gasteiger partial charge in [-0.2, -0.15) is 15.0 Å². The molecule has 6 N–H and O–H groups in total. The Hall–Kier alpha value is -3.93. The number of aromatic nitrogens is 3. The quantitative estimate of drug-likeness (QED) is 0.0886. The maximum absolute atomic E-state index is 13.8. The monoisotopic (exact) mass is 671 g/mol. The van der Waals surface area contributed by atoms with Crippen LogP contribution in [-0.2, 0) is 5.54 Å². The molecule has 4 rings (SSSR count). The Morgan fingerprint density at radius 3 is 1.94 bits per heavy atom. The average molecular weight is 672 g/mol. The Kier molecular flexibility index (Phi) is 15.4. The summed E-state index contributed by atoms with van der Waals surface area (Å²) in [6.45, 7) is 9.61. The fraction of sp³-hybridized carbons (Fsp3) is 0.553. The number of nitrogens with two attached hydrogens (primary N) is 2. The van der Waals surface area contributed by atoms with Crippen LogP contribution < -0.4 is 27.0 Å². The number of ketones is 1. The zero-order chi connectivity index (χ0) is 34.9. The molecule has 266 valence electrons. The first kappa shape index (κ1) is 37.9. The molecule has 1 aliphatic rings. The van der Waals surface area contributed by atoms with E-state index < -0.39 is 0 Å². The summed E-state index contributed by atoms with van der Waals surface area (Å²) in [6, 6.07) is 16.2. The third kappa shape index (κ3) is 10.5. The maximum Gasteiger partial charge on any atom is 0.254 e. The summed E-state index contributed by atoms with van der Waals surface area (Å²) in [5, 5.41) is 7.29. The Morgan fingerprint density at radius 1 is 0.714 bits per heavy atom. The third-order valence-corrected chi connectivity index (χ3v) is 9.55. The Morgan fingerprint density at radius 2 is 1.31 bits per heavy atom. The smallest absolute Gasteiger partial charge is 0.254 e. The molecule has 11 heteroatoms. The number of carbonyl (C=O) groups excluding carboxylic acids is 2. The van der Waals surface area contributed by atoms with Crippen LogP contribution in [0, 0.1) is 0 Å². The molecule has 1 amide bonds. The van der Waals surface area contributed by atoms with E-state index in [4.69, 9.17) is 26.4 Å². The standard InChI is InChI=1S/C38H57N9O2/c1-3-38(4-2,42-25-17-8-6-15-23-40)35-43-36(41-24-16-7-5-14-22-39)45-37(44-35)47-28-26-46(27-29-47)34(49)32-21-13-12-20-31(32)33(48)30-18-10-9-11-19-30/h9-13,18-21,42H,3-8,14-17,22-29,39-40H2,1-2H3,(H,41,43,44,45). The van der Waals surface area contributed by atoms with E-state index in [0.29, 0.717) is 54.8 Å². The topological polar surface area (TPSA) is 155 Å². The molecule has 0 saturated carbocycles. The van der Waals surface area contributed by atoms with E-state index in [0.717, 1.165) is 96.2 Å². The highest BCUT2D eigenvalue weighted by Crippen LogP contribution is 2.29.